The van der Waals surface area contributed by atoms with Gasteiger partial charge < -0.3 is 14.9 Å². The molecule has 4 rings (SSSR count). The molecule has 2 aromatic heterocycles. The molecule has 4 aromatic rings. The van der Waals surface area contributed by atoms with Gasteiger partial charge in [-0.05, 0) is 28.8 Å². The number of benzene rings is 2. The van der Waals surface area contributed by atoms with Crippen LogP contribution in [0.4, 0.5) is 0 Å². The number of ether oxygens (including phenoxy) is 1. The molecule has 2 N–H and O–H groups in total. The Balaban J connectivity index is 1.67. The lowest BCUT2D eigenvalue weighted by Gasteiger charge is -2.15. The van der Waals surface area contributed by atoms with Gasteiger partial charge >= 0.3 is 6.01 Å². The quantitative estimate of drug-likeness (QED) is 0.505. The third-order valence-corrected chi connectivity index (χ3v) is 4.84. The molecule has 0 saturated carbocycles. The molecule has 6 heteroatoms. The van der Waals surface area contributed by atoms with Crippen molar-refractivity contribution < 1.29 is 14.9 Å². The molecule has 6 nitrogen and oxygen atoms in total. The molecule has 150 valence electrons. The maximum Gasteiger partial charge on any atom is 0.316 e. The van der Waals surface area contributed by atoms with Crippen molar-refractivity contribution in [1.29, 1.82) is 0 Å². The van der Waals surface area contributed by atoms with E-state index in [1.54, 1.807) is 6.07 Å². The third-order valence-electron chi connectivity index (χ3n) is 4.84. The Hall–Kier alpha value is -3.77. The van der Waals surface area contributed by atoms with Crippen LogP contribution >= 0.6 is 0 Å². The van der Waals surface area contributed by atoms with Gasteiger partial charge in [-0.3, -0.25) is 4.98 Å². The van der Waals surface area contributed by atoms with E-state index in [4.69, 9.17) is 4.74 Å². The van der Waals surface area contributed by atoms with Gasteiger partial charge in [-0.15, -0.1) is 0 Å². The van der Waals surface area contributed by atoms with Crippen LogP contribution in [0.2, 0.25) is 0 Å². The molecule has 0 spiro atoms. The maximum atomic E-state index is 10.7. The highest BCUT2D eigenvalue weighted by molar-refractivity contribution is 5.74. The summed E-state index contributed by atoms with van der Waals surface area (Å²) in [5.41, 5.74) is 5.07. The van der Waals surface area contributed by atoms with Gasteiger partial charge in [0.05, 0.1) is 25.1 Å². The second-order valence-electron chi connectivity index (χ2n) is 6.86. The number of nitrogens with zero attached hydrogens (tertiary/aromatic N) is 3. The highest BCUT2D eigenvalue weighted by Gasteiger charge is 2.16. The molecule has 0 bridgehead atoms. The molecule has 1 unspecified atom stereocenters. The van der Waals surface area contributed by atoms with E-state index < -0.39 is 6.10 Å². The summed E-state index contributed by atoms with van der Waals surface area (Å²) in [7, 11) is 1.49. The minimum absolute atomic E-state index is 0.0705. The first kappa shape index (κ1) is 19.5. The lowest BCUT2D eigenvalue weighted by molar-refractivity contribution is 0.176. The summed E-state index contributed by atoms with van der Waals surface area (Å²) in [6.45, 7) is 0. The van der Waals surface area contributed by atoms with Crippen molar-refractivity contribution in [2.45, 2.75) is 12.5 Å². The highest BCUT2D eigenvalue weighted by atomic mass is 16.5. The zero-order valence-corrected chi connectivity index (χ0v) is 16.4. The first-order chi connectivity index (χ1) is 14.6. The van der Waals surface area contributed by atoms with E-state index in [0.29, 0.717) is 11.3 Å². The van der Waals surface area contributed by atoms with Crippen LogP contribution in [0.5, 0.6) is 11.8 Å². The van der Waals surface area contributed by atoms with Gasteiger partial charge in [-0.2, -0.15) is 0 Å². The molecule has 0 fully saturated rings. The number of aromatic nitrogens is 3. The Morgan fingerprint density at radius 3 is 2.27 bits per heavy atom. The summed E-state index contributed by atoms with van der Waals surface area (Å²) in [6.07, 6.45) is 3.86. The van der Waals surface area contributed by atoms with Crippen LogP contribution in [0.1, 0.15) is 17.4 Å². The molecule has 0 aliphatic carbocycles. The summed E-state index contributed by atoms with van der Waals surface area (Å²) in [6, 6.07) is 20.0. The van der Waals surface area contributed by atoms with Crippen molar-refractivity contribution >= 4 is 0 Å². The van der Waals surface area contributed by atoms with Gasteiger partial charge in [0.25, 0.3) is 0 Å². The van der Waals surface area contributed by atoms with Gasteiger partial charge in [0.1, 0.15) is 5.75 Å². The summed E-state index contributed by atoms with van der Waals surface area (Å²) in [4.78, 5) is 12.5. The molecule has 1 atom stereocenters. The van der Waals surface area contributed by atoms with Gasteiger partial charge in [0, 0.05) is 29.9 Å². The predicted molar refractivity (Wildman–Crippen MR) is 114 cm³/mol. The van der Waals surface area contributed by atoms with Crippen LogP contribution in [0.3, 0.4) is 0 Å². The number of methoxy groups -OCH3 is 1. The Morgan fingerprint density at radius 2 is 1.53 bits per heavy atom. The van der Waals surface area contributed by atoms with E-state index in [-0.39, 0.29) is 18.2 Å². The van der Waals surface area contributed by atoms with E-state index in [1.807, 2.05) is 48.5 Å². The molecule has 0 aliphatic heterocycles. The fourth-order valence-electron chi connectivity index (χ4n) is 3.30. The second kappa shape index (κ2) is 8.71. The van der Waals surface area contributed by atoms with Gasteiger partial charge in [-0.25, -0.2) is 9.97 Å². The zero-order chi connectivity index (χ0) is 20.9. The molecule has 0 amide bonds. The first-order valence-electron chi connectivity index (χ1n) is 9.52. The lowest BCUT2D eigenvalue weighted by Crippen LogP contribution is -2.06. The Kier molecular flexibility index (Phi) is 5.68. The van der Waals surface area contributed by atoms with E-state index in [9.17, 15) is 10.2 Å². The van der Waals surface area contributed by atoms with Crippen molar-refractivity contribution in [3.05, 3.63) is 90.5 Å². The second-order valence-corrected chi connectivity index (χ2v) is 6.86. The topological polar surface area (TPSA) is 88.4 Å². The summed E-state index contributed by atoms with van der Waals surface area (Å²) in [5, 5.41) is 20.7. The Bertz CT molecular complexity index is 1130. The molecule has 0 saturated heterocycles. The number of aliphatic hydroxyl groups is 1. The van der Waals surface area contributed by atoms with Crippen molar-refractivity contribution in [2.24, 2.45) is 0 Å². The van der Waals surface area contributed by atoms with Crippen LogP contribution < -0.4 is 4.74 Å². The van der Waals surface area contributed by atoms with Crippen molar-refractivity contribution in [1.82, 2.24) is 15.0 Å². The van der Waals surface area contributed by atoms with Crippen molar-refractivity contribution in [2.75, 3.05) is 7.11 Å². The average molecular weight is 399 g/mol. The minimum Gasteiger partial charge on any atom is -0.506 e. The fraction of sp³-hybridized carbons (Fsp3) is 0.125. The maximum absolute atomic E-state index is 10.7. The van der Waals surface area contributed by atoms with E-state index in [2.05, 4.69) is 21.0 Å². The molecule has 2 heterocycles. The van der Waals surface area contributed by atoms with E-state index in [1.165, 1.54) is 25.7 Å². The third kappa shape index (κ3) is 4.29. The molecule has 30 heavy (non-hydrogen) atoms. The Morgan fingerprint density at radius 1 is 0.833 bits per heavy atom. The summed E-state index contributed by atoms with van der Waals surface area (Å²) < 4.78 is 4.96. The molecular weight excluding hydrogens is 378 g/mol. The smallest absolute Gasteiger partial charge is 0.316 e. The SMILES string of the molecule is COc1ncc(C(O)Cc2ncc(O)cc2-c2cccc(-c3ccccc3)c2)cn1. The molecule has 2 aromatic carbocycles. The minimum atomic E-state index is -0.844. The Labute approximate surface area is 174 Å². The summed E-state index contributed by atoms with van der Waals surface area (Å²) >= 11 is 0. The average Bonchev–Trinajstić information content (AvgIpc) is 2.81. The number of aliphatic hydroxyl groups excluding tert-OH is 1. The number of hydrogen-bond acceptors (Lipinski definition) is 6. The predicted octanol–water partition coefficient (Wildman–Crippen LogP) is 4.20. The standard InChI is InChI=1S/C24H21N3O3/c1-30-24-26-13-19(14-27-24)23(29)12-22-21(11-20(28)15-25-22)18-9-5-8-17(10-18)16-6-3-2-4-7-16/h2-11,13-15,23,28-29H,12H2,1H3. The monoisotopic (exact) mass is 399 g/mol. The van der Waals surface area contributed by atoms with Crippen LogP contribution in [0.15, 0.2) is 79.3 Å². The van der Waals surface area contributed by atoms with E-state index >= 15 is 0 Å². The molecular formula is C24H21N3O3. The number of rotatable bonds is 6. The molecule has 0 radical (unpaired) electrons. The van der Waals surface area contributed by atoms with Gasteiger partial charge in [0.15, 0.2) is 0 Å². The van der Waals surface area contributed by atoms with Crippen molar-refractivity contribution in [3.63, 3.8) is 0 Å². The number of pyridine rings is 1. The number of hydrogen-bond donors (Lipinski definition) is 2. The fourth-order valence-corrected chi connectivity index (χ4v) is 3.30. The van der Waals surface area contributed by atoms with Crippen LogP contribution in [-0.2, 0) is 6.42 Å². The first-order valence-corrected chi connectivity index (χ1v) is 9.52. The van der Waals surface area contributed by atoms with Crippen LogP contribution in [0.25, 0.3) is 22.3 Å². The highest BCUT2D eigenvalue weighted by Crippen LogP contribution is 2.32. The lowest BCUT2D eigenvalue weighted by atomic mass is 9.95. The van der Waals surface area contributed by atoms with E-state index in [0.717, 1.165) is 22.3 Å². The number of aromatic hydroxyl groups is 1. The largest absolute Gasteiger partial charge is 0.506 e. The van der Waals surface area contributed by atoms with Gasteiger partial charge in [-0.1, -0.05) is 48.5 Å². The zero-order valence-electron chi connectivity index (χ0n) is 16.4. The van der Waals surface area contributed by atoms with Crippen LogP contribution in [0, 0.1) is 0 Å². The van der Waals surface area contributed by atoms with Gasteiger partial charge in [0.2, 0.25) is 0 Å². The van der Waals surface area contributed by atoms with Crippen LogP contribution in [-0.4, -0.2) is 32.3 Å². The summed E-state index contributed by atoms with van der Waals surface area (Å²) in [5.74, 6) is 0.0705. The normalized spacial score (nSPS) is 11.8. The molecule has 0 aliphatic rings. The van der Waals surface area contributed by atoms with Crippen molar-refractivity contribution in [3.8, 4) is 34.0 Å².